The number of hydrogen-bond acceptors (Lipinski definition) is 2. The van der Waals surface area contributed by atoms with E-state index in [1.54, 1.807) is 0 Å². The van der Waals surface area contributed by atoms with Crippen LogP contribution in [0.15, 0.2) is 12.2 Å². The lowest BCUT2D eigenvalue weighted by Gasteiger charge is -2.23. The van der Waals surface area contributed by atoms with Gasteiger partial charge in [0, 0.05) is 18.6 Å². The standard InChI is InChI=1S/C12H23NO/c1-4-6-13-12(8-10(2)3)11-5-7-14-9-11/h11-13H,2,4-9H2,1,3H3. The van der Waals surface area contributed by atoms with E-state index in [9.17, 15) is 0 Å². The Balaban J connectivity index is 2.37. The summed E-state index contributed by atoms with van der Waals surface area (Å²) in [7, 11) is 0. The van der Waals surface area contributed by atoms with Crippen LogP contribution in [0.2, 0.25) is 0 Å². The first kappa shape index (κ1) is 11.7. The maximum atomic E-state index is 5.43. The average Bonchev–Trinajstić information content (AvgIpc) is 2.64. The van der Waals surface area contributed by atoms with E-state index in [0.717, 1.165) is 26.2 Å². The van der Waals surface area contributed by atoms with Gasteiger partial charge in [-0.25, -0.2) is 0 Å². The van der Waals surface area contributed by atoms with Gasteiger partial charge in [-0.15, -0.1) is 6.58 Å². The van der Waals surface area contributed by atoms with Crippen LogP contribution in [0, 0.1) is 5.92 Å². The zero-order valence-corrected chi connectivity index (χ0v) is 9.51. The highest BCUT2D eigenvalue weighted by molar-refractivity contribution is 4.95. The first-order chi connectivity index (χ1) is 6.74. The fourth-order valence-electron chi connectivity index (χ4n) is 1.98. The fourth-order valence-corrected chi connectivity index (χ4v) is 1.98. The lowest BCUT2D eigenvalue weighted by Crippen LogP contribution is -2.37. The van der Waals surface area contributed by atoms with Crippen LogP contribution in [0.1, 0.15) is 33.1 Å². The zero-order valence-electron chi connectivity index (χ0n) is 9.51. The molecule has 1 rings (SSSR count). The largest absolute Gasteiger partial charge is 0.381 e. The molecule has 0 aromatic carbocycles. The molecule has 1 saturated heterocycles. The van der Waals surface area contributed by atoms with Gasteiger partial charge < -0.3 is 10.1 Å². The Morgan fingerprint density at radius 3 is 2.93 bits per heavy atom. The molecule has 1 aliphatic rings. The van der Waals surface area contributed by atoms with Crippen LogP contribution in [0.5, 0.6) is 0 Å². The van der Waals surface area contributed by atoms with Crippen LogP contribution in [-0.2, 0) is 4.74 Å². The Hall–Kier alpha value is -0.340. The summed E-state index contributed by atoms with van der Waals surface area (Å²) in [5.74, 6) is 0.693. The van der Waals surface area contributed by atoms with Gasteiger partial charge in [-0.3, -0.25) is 0 Å². The van der Waals surface area contributed by atoms with Gasteiger partial charge in [-0.1, -0.05) is 12.5 Å². The van der Waals surface area contributed by atoms with Crippen molar-refractivity contribution in [1.82, 2.24) is 5.32 Å². The summed E-state index contributed by atoms with van der Waals surface area (Å²) in [6.07, 6.45) is 3.49. The quantitative estimate of drug-likeness (QED) is 0.660. The van der Waals surface area contributed by atoms with Crippen LogP contribution < -0.4 is 5.32 Å². The van der Waals surface area contributed by atoms with Crippen molar-refractivity contribution in [1.29, 1.82) is 0 Å². The fraction of sp³-hybridized carbons (Fsp3) is 0.833. The maximum Gasteiger partial charge on any atom is 0.0510 e. The molecule has 0 radical (unpaired) electrons. The molecule has 0 amide bonds. The molecule has 1 N–H and O–H groups in total. The summed E-state index contributed by atoms with van der Waals surface area (Å²) in [5.41, 5.74) is 1.27. The maximum absolute atomic E-state index is 5.43. The number of hydrogen-bond donors (Lipinski definition) is 1. The van der Waals surface area contributed by atoms with Crippen molar-refractivity contribution in [2.24, 2.45) is 5.92 Å². The van der Waals surface area contributed by atoms with E-state index >= 15 is 0 Å². The Bertz CT molecular complexity index is 173. The molecular weight excluding hydrogens is 174 g/mol. The van der Waals surface area contributed by atoms with E-state index in [1.165, 1.54) is 18.4 Å². The molecule has 0 saturated carbocycles. The summed E-state index contributed by atoms with van der Waals surface area (Å²) in [6.45, 7) is 11.3. The van der Waals surface area contributed by atoms with Gasteiger partial charge in [0.05, 0.1) is 6.61 Å². The second-order valence-corrected chi connectivity index (χ2v) is 4.35. The third-order valence-electron chi connectivity index (χ3n) is 2.76. The normalized spacial score (nSPS) is 23.7. The molecule has 0 spiro atoms. The minimum absolute atomic E-state index is 0.579. The topological polar surface area (TPSA) is 21.3 Å². The molecule has 2 unspecified atom stereocenters. The molecular formula is C12H23NO. The van der Waals surface area contributed by atoms with Gasteiger partial charge in [0.25, 0.3) is 0 Å². The van der Waals surface area contributed by atoms with Gasteiger partial charge in [0.1, 0.15) is 0 Å². The monoisotopic (exact) mass is 197 g/mol. The third-order valence-corrected chi connectivity index (χ3v) is 2.76. The van der Waals surface area contributed by atoms with Crippen molar-refractivity contribution in [3.63, 3.8) is 0 Å². The van der Waals surface area contributed by atoms with Gasteiger partial charge in [0.2, 0.25) is 0 Å². The molecule has 1 heterocycles. The van der Waals surface area contributed by atoms with Crippen molar-refractivity contribution in [3.05, 3.63) is 12.2 Å². The summed E-state index contributed by atoms with van der Waals surface area (Å²) in [4.78, 5) is 0. The minimum atomic E-state index is 0.579. The second kappa shape index (κ2) is 6.20. The lowest BCUT2D eigenvalue weighted by atomic mass is 9.93. The van der Waals surface area contributed by atoms with Crippen LogP contribution >= 0.6 is 0 Å². The van der Waals surface area contributed by atoms with Crippen molar-refractivity contribution in [2.45, 2.75) is 39.2 Å². The summed E-state index contributed by atoms with van der Waals surface area (Å²) < 4.78 is 5.43. The van der Waals surface area contributed by atoms with Gasteiger partial charge in [-0.05, 0) is 32.7 Å². The summed E-state index contributed by atoms with van der Waals surface area (Å²) >= 11 is 0. The van der Waals surface area contributed by atoms with Crippen molar-refractivity contribution in [2.75, 3.05) is 19.8 Å². The number of nitrogens with one attached hydrogen (secondary N) is 1. The first-order valence-corrected chi connectivity index (χ1v) is 5.69. The predicted molar refractivity (Wildman–Crippen MR) is 60.4 cm³/mol. The van der Waals surface area contributed by atoms with Crippen LogP contribution in [0.4, 0.5) is 0 Å². The van der Waals surface area contributed by atoms with Crippen LogP contribution in [0.25, 0.3) is 0 Å². The predicted octanol–water partition coefficient (Wildman–Crippen LogP) is 2.36. The van der Waals surface area contributed by atoms with Gasteiger partial charge in [0.15, 0.2) is 0 Å². The van der Waals surface area contributed by atoms with Crippen molar-refractivity contribution in [3.8, 4) is 0 Å². The molecule has 0 aromatic heterocycles. The highest BCUT2D eigenvalue weighted by Gasteiger charge is 2.24. The molecule has 2 heteroatoms. The Kier molecular flexibility index (Phi) is 5.20. The van der Waals surface area contributed by atoms with Crippen LogP contribution in [-0.4, -0.2) is 25.8 Å². The van der Waals surface area contributed by atoms with Crippen molar-refractivity contribution < 1.29 is 4.74 Å². The van der Waals surface area contributed by atoms with E-state index in [4.69, 9.17) is 4.74 Å². The Labute approximate surface area is 87.7 Å². The molecule has 82 valence electrons. The van der Waals surface area contributed by atoms with E-state index in [1.807, 2.05) is 0 Å². The highest BCUT2D eigenvalue weighted by Crippen LogP contribution is 2.21. The number of rotatable bonds is 6. The molecule has 1 fully saturated rings. The molecule has 2 atom stereocenters. The van der Waals surface area contributed by atoms with E-state index in [0.29, 0.717) is 12.0 Å². The number of ether oxygens (including phenoxy) is 1. The molecule has 0 bridgehead atoms. The SMILES string of the molecule is C=C(C)CC(NCCC)C1CCOC1. The van der Waals surface area contributed by atoms with Gasteiger partial charge >= 0.3 is 0 Å². The lowest BCUT2D eigenvalue weighted by molar-refractivity contribution is 0.176. The van der Waals surface area contributed by atoms with Gasteiger partial charge in [-0.2, -0.15) is 0 Å². The van der Waals surface area contributed by atoms with Crippen molar-refractivity contribution >= 4 is 0 Å². The minimum Gasteiger partial charge on any atom is -0.381 e. The molecule has 0 aromatic rings. The molecule has 0 aliphatic carbocycles. The molecule has 1 aliphatic heterocycles. The Morgan fingerprint density at radius 2 is 2.43 bits per heavy atom. The second-order valence-electron chi connectivity index (χ2n) is 4.35. The van der Waals surface area contributed by atoms with E-state index in [-0.39, 0.29) is 0 Å². The van der Waals surface area contributed by atoms with E-state index in [2.05, 4.69) is 25.7 Å². The Morgan fingerprint density at radius 1 is 1.64 bits per heavy atom. The third kappa shape index (κ3) is 3.81. The summed E-state index contributed by atoms with van der Waals surface area (Å²) in [6, 6.07) is 0.579. The first-order valence-electron chi connectivity index (χ1n) is 5.69. The molecule has 2 nitrogen and oxygen atoms in total. The smallest absolute Gasteiger partial charge is 0.0510 e. The molecule has 14 heavy (non-hydrogen) atoms. The highest BCUT2D eigenvalue weighted by atomic mass is 16.5. The van der Waals surface area contributed by atoms with Crippen LogP contribution in [0.3, 0.4) is 0 Å². The average molecular weight is 197 g/mol. The summed E-state index contributed by atoms with van der Waals surface area (Å²) in [5, 5.41) is 3.60. The van der Waals surface area contributed by atoms with E-state index < -0.39 is 0 Å². The zero-order chi connectivity index (χ0) is 10.4.